The molecule has 1 N–H and O–H groups in total. The molecule has 0 spiro atoms. The summed E-state index contributed by atoms with van der Waals surface area (Å²) in [6.07, 6.45) is 23.8. The van der Waals surface area contributed by atoms with Crippen molar-refractivity contribution in [2.45, 2.75) is 219 Å². The highest BCUT2D eigenvalue weighted by Gasteiger charge is 2.65. The maximum Gasteiger partial charge on any atom is 0.343 e. The van der Waals surface area contributed by atoms with Gasteiger partial charge in [0.15, 0.2) is 0 Å². The summed E-state index contributed by atoms with van der Waals surface area (Å²) in [5.41, 5.74) is -2.34. The van der Waals surface area contributed by atoms with Gasteiger partial charge in [0.05, 0.1) is 18.4 Å². The fourth-order valence-corrected chi connectivity index (χ4v) is 9.79. The Balaban J connectivity index is 1.90. The maximum atomic E-state index is 13.8. The van der Waals surface area contributed by atoms with E-state index >= 15 is 0 Å². The van der Waals surface area contributed by atoms with Gasteiger partial charge in [0.1, 0.15) is 0 Å². The Labute approximate surface area is 302 Å². The predicted molar refractivity (Wildman–Crippen MR) is 204 cm³/mol. The number of aliphatic carboxylic acids is 1. The fraction of sp³-hybridized carbons (Fsp3) is 0.952. The van der Waals surface area contributed by atoms with Crippen LogP contribution in [0.3, 0.4) is 0 Å². The number of carboxylic acids is 1. The number of unbranched alkanes of at least 4 members (excludes halogenated alkanes) is 15. The number of carbonyl (C=O) groups excluding carboxylic acids is 1. The standard InChI is InChI=1S/C42H80N2O5/c1-12-13-14-15-16-17-18-19-20-21-22-23-24-25-26-27-32-48-49-36(45)33-42(37(46)47,34-28-30-38(2,3)43(10)40(34,6)7)35-29-31-39(4,5)44(11)41(35,8)9/h34-35H,12-33H2,1-11H3,(H,46,47). The molecule has 49 heavy (non-hydrogen) atoms. The third kappa shape index (κ3) is 11.7. The van der Waals surface area contributed by atoms with Gasteiger partial charge in [0, 0.05) is 22.2 Å². The Morgan fingerprint density at radius 2 is 0.980 bits per heavy atom. The predicted octanol–water partition coefficient (Wildman–Crippen LogP) is 11.0. The van der Waals surface area contributed by atoms with E-state index in [0.29, 0.717) is 6.61 Å². The lowest BCUT2D eigenvalue weighted by Gasteiger charge is -2.64. The van der Waals surface area contributed by atoms with E-state index in [1.165, 1.54) is 89.9 Å². The minimum atomic E-state index is -1.31. The minimum absolute atomic E-state index is 0.0678. The lowest BCUT2D eigenvalue weighted by atomic mass is 9.49. The van der Waals surface area contributed by atoms with E-state index in [2.05, 4.69) is 86.2 Å². The average molecular weight is 693 g/mol. The number of piperidine rings is 2. The first-order valence-corrected chi connectivity index (χ1v) is 20.4. The topological polar surface area (TPSA) is 79.3 Å². The van der Waals surface area contributed by atoms with Gasteiger partial charge in [-0.05, 0) is 113 Å². The Morgan fingerprint density at radius 1 is 0.633 bits per heavy atom. The molecule has 2 heterocycles. The van der Waals surface area contributed by atoms with Crippen molar-refractivity contribution in [2.24, 2.45) is 17.3 Å². The Bertz CT molecular complexity index is 948. The summed E-state index contributed by atoms with van der Waals surface area (Å²) in [5, 5.41) is 11.3. The number of rotatable bonds is 23. The van der Waals surface area contributed by atoms with Crippen LogP contribution in [0.1, 0.15) is 197 Å². The van der Waals surface area contributed by atoms with E-state index in [4.69, 9.17) is 9.78 Å². The van der Waals surface area contributed by atoms with Crippen molar-refractivity contribution in [1.29, 1.82) is 0 Å². The SMILES string of the molecule is CCCCCCCCCCCCCCCCCCOOC(=O)CC(C(=O)O)(C1CCC(C)(C)N(C)C1(C)C)C1CCC(C)(C)N(C)C1(C)C. The van der Waals surface area contributed by atoms with E-state index in [1.54, 1.807) is 0 Å². The molecule has 2 aliphatic heterocycles. The van der Waals surface area contributed by atoms with Gasteiger partial charge in [-0.3, -0.25) is 19.5 Å². The van der Waals surface area contributed by atoms with Crippen LogP contribution in [0, 0.1) is 17.3 Å². The summed E-state index contributed by atoms with van der Waals surface area (Å²) in [6, 6.07) is 0. The van der Waals surface area contributed by atoms with Crippen LogP contribution in [0.4, 0.5) is 0 Å². The van der Waals surface area contributed by atoms with Crippen molar-refractivity contribution in [3.63, 3.8) is 0 Å². The first-order valence-electron chi connectivity index (χ1n) is 20.4. The molecule has 0 aliphatic carbocycles. The van der Waals surface area contributed by atoms with Crippen molar-refractivity contribution in [3.05, 3.63) is 0 Å². The molecule has 2 unspecified atom stereocenters. The van der Waals surface area contributed by atoms with Gasteiger partial charge in [0.2, 0.25) is 0 Å². The molecule has 2 atom stereocenters. The normalized spacial score (nSPS) is 24.7. The molecule has 0 aromatic carbocycles. The quantitative estimate of drug-likeness (QED) is 0.0648. The molecule has 7 nitrogen and oxygen atoms in total. The highest BCUT2D eigenvalue weighted by Crippen LogP contribution is 2.59. The molecule has 2 rings (SSSR count). The van der Waals surface area contributed by atoms with Gasteiger partial charge in [-0.15, -0.1) is 0 Å². The van der Waals surface area contributed by atoms with Crippen LogP contribution >= 0.6 is 0 Å². The van der Waals surface area contributed by atoms with Gasteiger partial charge < -0.3 is 5.11 Å². The molecule has 0 amide bonds. The molecule has 288 valence electrons. The van der Waals surface area contributed by atoms with E-state index in [-0.39, 0.29) is 29.3 Å². The fourth-order valence-electron chi connectivity index (χ4n) is 9.79. The summed E-state index contributed by atoms with van der Waals surface area (Å²) >= 11 is 0. The monoisotopic (exact) mass is 693 g/mol. The summed E-state index contributed by atoms with van der Waals surface area (Å²) in [6.45, 7) is 20.2. The second kappa shape index (κ2) is 19.6. The van der Waals surface area contributed by atoms with Crippen molar-refractivity contribution >= 4 is 11.9 Å². The van der Waals surface area contributed by atoms with Gasteiger partial charge in [-0.1, -0.05) is 103 Å². The number of nitrogens with zero attached hydrogens (tertiary/aromatic N) is 2. The number of likely N-dealkylation sites (tertiary alicyclic amines) is 2. The largest absolute Gasteiger partial charge is 0.481 e. The average Bonchev–Trinajstić information content (AvgIpc) is 3.01. The number of hydrogen-bond acceptors (Lipinski definition) is 6. The molecule has 0 bridgehead atoms. The lowest BCUT2D eigenvalue weighted by molar-refractivity contribution is -0.277. The zero-order chi connectivity index (χ0) is 36.9. The molecule has 2 fully saturated rings. The third-order valence-electron chi connectivity index (χ3n) is 13.7. The Hall–Kier alpha value is -1.18. The molecular formula is C42H80N2O5. The number of carbonyl (C=O) groups is 2. The molecule has 7 heteroatoms. The van der Waals surface area contributed by atoms with Crippen LogP contribution in [0.15, 0.2) is 0 Å². The van der Waals surface area contributed by atoms with E-state index < -0.39 is 28.4 Å². The molecule has 0 radical (unpaired) electrons. The first-order chi connectivity index (χ1) is 22.9. The van der Waals surface area contributed by atoms with Gasteiger partial charge in [-0.2, -0.15) is 4.89 Å². The molecule has 2 saturated heterocycles. The second-order valence-corrected chi connectivity index (χ2v) is 18.3. The van der Waals surface area contributed by atoms with Crippen molar-refractivity contribution in [1.82, 2.24) is 9.80 Å². The summed E-state index contributed by atoms with van der Waals surface area (Å²) < 4.78 is 0. The molecule has 0 aromatic rings. The van der Waals surface area contributed by atoms with Crippen molar-refractivity contribution < 1.29 is 24.5 Å². The number of hydrogen-bond donors (Lipinski definition) is 1. The summed E-state index contributed by atoms with van der Waals surface area (Å²) in [5.74, 6) is -1.95. The van der Waals surface area contributed by atoms with Gasteiger partial charge in [0.25, 0.3) is 0 Å². The third-order valence-corrected chi connectivity index (χ3v) is 13.7. The van der Waals surface area contributed by atoms with E-state index in [0.717, 1.165) is 38.5 Å². The van der Waals surface area contributed by atoms with Gasteiger partial charge in [-0.25, -0.2) is 4.79 Å². The van der Waals surface area contributed by atoms with Crippen molar-refractivity contribution in [3.8, 4) is 0 Å². The van der Waals surface area contributed by atoms with Gasteiger partial charge >= 0.3 is 11.9 Å². The second-order valence-electron chi connectivity index (χ2n) is 18.3. The zero-order valence-corrected chi connectivity index (χ0v) is 34.2. The van der Waals surface area contributed by atoms with Crippen LogP contribution in [-0.4, -0.2) is 69.7 Å². The molecule has 2 aliphatic rings. The Kier molecular flexibility index (Phi) is 17.6. The maximum absolute atomic E-state index is 13.8. The zero-order valence-electron chi connectivity index (χ0n) is 34.2. The lowest BCUT2D eigenvalue weighted by Crippen LogP contribution is -2.71. The van der Waals surface area contributed by atoms with Crippen LogP contribution in [-0.2, 0) is 19.4 Å². The van der Waals surface area contributed by atoms with Crippen LogP contribution in [0.2, 0.25) is 0 Å². The highest BCUT2D eigenvalue weighted by molar-refractivity contribution is 5.83. The van der Waals surface area contributed by atoms with Crippen LogP contribution in [0.5, 0.6) is 0 Å². The van der Waals surface area contributed by atoms with E-state index in [9.17, 15) is 14.7 Å². The Morgan fingerprint density at radius 3 is 1.33 bits per heavy atom. The summed E-state index contributed by atoms with van der Waals surface area (Å²) in [4.78, 5) is 43.0. The highest BCUT2D eigenvalue weighted by atomic mass is 17.2. The van der Waals surface area contributed by atoms with E-state index in [1.807, 2.05) is 0 Å². The number of carboxylic acid groups (broad SMARTS) is 1. The van der Waals surface area contributed by atoms with Crippen LogP contribution in [0.25, 0.3) is 0 Å². The molecule has 0 saturated carbocycles. The first kappa shape index (κ1) is 44.0. The minimum Gasteiger partial charge on any atom is -0.481 e. The van der Waals surface area contributed by atoms with Crippen molar-refractivity contribution in [2.75, 3.05) is 20.7 Å². The smallest absolute Gasteiger partial charge is 0.343 e. The molecular weight excluding hydrogens is 612 g/mol. The molecule has 0 aromatic heterocycles. The van der Waals surface area contributed by atoms with Crippen LogP contribution < -0.4 is 0 Å². The summed E-state index contributed by atoms with van der Waals surface area (Å²) in [7, 11) is 4.22.